The molecule has 1 fully saturated rings. The number of nitrogens with zero attached hydrogens (tertiary/aromatic N) is 3. The Labute approximate surface area is 216 Å². The van der Waals surface area contributed by atoms with Crippen LogP contribution < -0.4 is 5.73 Å². The van der Waals surface area contributed by atoms with Gasteiger partial charge in [0.05, 0.1) is 25.3 Å². The zero-order chi connectivity index (χ0) is 26.8. The minimum absolute atomic E-state index is 0.0422. The van der Waals surface area contributed by atoms with Gasteiger partial charge < -0.3 is 30.6 Å². The Kier molecular flexibility index (Phi) is 10.3. The van der Waals surface area contributed by atoms with E-state index < -0.39 is 11.7 Å². The Morgan fingerprint density at radius 3 is 2.46 bits per heavy atom. The number of carbonyl (C=O) groups is 3. The number of ether oxygens (including phenoxy) is 1. The summed E-state index contributed by atoms with van der Waals surface area (Å²) in [5.41, 5.74) is 8.19. The highest BCUT2D eigenvalue weighted by Gasteiger charge is 2.27. The van der Waals surface area contributed by atoms with E-state index in [9.17, 15) is 18.8 Å². The van der Waals surface area contributed by atoms with E-state index in [0.29, 0.717) is 50.5 Å². The van der Waals surface area contributed by atoms with Crippen molar-refractivity contribution in [1.29, 1.82) is 5.41 Å². The predicted molar refractivity (Wildman–Crippen MR) is 138 cm³/mol. The van der Waals surface area contributed by atoms with E-state index in [1.54, 1.807) is 11.0 Å². The monoisotopic (exact) mass is 511 g/mol. The smallest absolute Gasteiger partial charge is 0.256 e. The zero-order valence-corrected chi connectivity index (χ0v) is 21.1. The number of nitrogens with one attached hydrogen (secondary N) is 1. The molecule has 2 aromatic rings. The molecule has 1 saturated heterocycles. The Morgan fingerprint density at radius 1 is 1.08 bits per heavy atom. The topological polar surface area (TPSA) is 120 Å². The van der Waals surface area contributed by atoms with Crippen molar-refractivity contribution >= 4 is 23.9 Å². The highest BCUT2D eigenvalue weighted by Crippen LogP contribution is 2.18. The second kappa shape index (κ2) is 13.6. The van der Waals surface area contributed by atoms with Gasteiger partial charge in [0.25, 0.3) is 5.91 Å². The fourth-order valence-corrected chi connectivity index (χ4v) is 4.20. The van der Waals surface area contributed by atoms with E-state index in [0.717, 1.165) is 11.1 Å². The van der Waals surface area contributed by atoms with Gasteiger partial charge in [-0.1, -0.05) is 30.3 Å². The molecular formula is C27H34FN5O4. The highest BCUT2D eigenvalue weighted by molar-refractivity contribution is 6.01. The van der Waals surface area contributed by atoms with Crippen LogP contribution in [0.3, 0.4) is 0 Å². The molecule has 0 saturated carbocycles. The lowest BCUT2D eigenvalue weighted by atomic mass is 9.97. The van der Waals surface area contributed by atoms with Crippen LogP contribution in [0.2, 0.25) is 0 Å². The van der Waals surface area contributed by atoms with Crippen molar-refractivity contribution in [3.05, 3.63) is 70.5 Å². The summed E-state index contributed by atoms with van der Waals surface area (Å²) in [6.07, 6.45) is 0.885. The first kappa shape index (κ1) is 27.9. The Hall–Kier alpha value is -3.63. The number of halogens is 1. The van der Waals surface area contributed by atoms with Crippen LogP contribution in [0.5, 0.6) is 0 Å². The van der Waals surface area contributed by atoms with E-state index in [4.69, 9.17) is 15.9 Å². The summed E-state index contributed by atoms with van der Waals surface area (Å²) < 4.78 is 19.9. The Morgan fingerprint density at radius 2 is 1.78 bits per heavy atom. The molecule has 10 heteroatoms. The fourth-order valence-electron chi connectivity index (χ4n) is 4.20. The average Bonchev–Trinajstić information content (AvgIpc) is 2.91. The molecule has 3 N–H and O–H groups in total. The molecule has 1 heterocycles. The number of carbonyl (C=O) groups excluding carboxylic acids is 3. The lowest BCUT2D eigenvalue weighted by Crippen LogP contribution is -2.52. The Balaban J connectivity index is 1.56. The number of hydrogen-bond acceptors (Lipinski definition) is 6. The second-order valence-corrected chi connectivity index (χ2v) is 8.93. The summed E-state index contributed by atoms with van der Waals surface area (Å²) in [5, 5.41) is 8.45. The Bertz CT molecular complexity index is 1120. The van der Waals surface area contributed by atoms with Crippen LogP contribution in [0.25, 0.3) is 0 Å². The van der Waals surface area contributed by atoms with Crippen LogP contribution in [-0.2, 0) is 20.7 Å². The average molecular weight is 512 g/mol. The molecule has 37 heavy (non-hydrogen) atoms. The number of nitrogens with two attached hydrogens (primary N) is 1. The first-order chi connectivity index (χ1) is 17.8. The summed E-state index contributed by atoms with van der Waals surface area (Å²) in [7, 11) is 0. The van der Waals surface area contributed by atoms with Gasteiger partial charge in [-0.3, -0.25) is 14.4 Å². The van der Waals surface area contributed by atoms with Gasteiger partial charge >= 0.3 is 0 Å². The molecule has 0 spiro atoms. The first-order valence-corrected chi connectivity index (χ1v) is 12.3. The summed E-state index contributed by atoms with van der Waals surface area (Å²) in [5.74, 6) is -1.28. The molecule has 0 unspecified atom stereocenters. The first-order valence-electron chi connectivity index (χ1n) is 12.3. The number of amides is 3. The standard InChI is InChI=1S/C27H34FN5O4/c1-20-4-2-3-5-22(20)25(30)17-21-6-7-24(28)23(16-21)27(36)33-11-9-32(10-12-33)26(35)18-31(19-34)13-15-37-14-8-29/h2-7,16,19,30H,8-15,17-18,29H2,1H3. The minimum Gasteiger partial charge on any atom is -0.378 e. The van der Waals surface area contributed by atoms with Crippen molar-refractivity contribution in [1.82, 2.24) is 14.7 Å². The van der Waals surface area contributed by atoms with Gasteiger partial charge in [-0.15, -0.1) is 0 Å². The molecule has 0 bridgehead atoms. The highest BCUT2D eigenvalue weighted by atomic mass is 19.1. The van der Waals surface area contributed by atoms with Gasteiger partial charge in [-0.25, -0.2) is 4.39 Å². The van der Waals surface area contributed by atoms with Crippen LogP contribution in [0, 0.1) is 18.2 Å². The molecule has 1 aliphatic heterocycles. The minimum atomic E-state index is -0.617. The third-order valence-electron chi connectivity index (χ3n) is 6.30. The van der Waals surface area contributed by atoms with E-state index in [-0.39, 0.29) is 44.1 Å². The molecule has 3 amide bonds. The van der Waals surface area contributed by atoms with Gasteiger partial charge in [0.2, 0.25) is 12.3 Å². The lowest BCUT2D eigenvalue weighted by Gasteiger charge is -2.35. The quantitative estimate of drug-likeness (QED) is 0.254. The normalized spacial score (nSPS) is 13.4. The van der Waals surface area contributed by atoms with E-state index >= 15 is 0 Å². The maximum absolute atomic E-state index is 14.6. The molecular weight excluding hydrogens is 477 g/mol. The number of benzene rings is 2. The van der Waals surface area contributed by atoms with Gasteiger partial charge in [-0.05, 0) is 35.7 Å². The number of piperazine rings is 1. The van der Waals surface area contributed by atoms with E-state index in [2.05, 4.69) is 0 Å². The molecule has 0 atom stereocenters. The number of rotatable bonds is 12. The molecule has 2 aromatic carbocycles. The van der Waals surface area contributed by atoms with Crippen LogP contribution in [0.4, 0.5) is 4.39 Å². The van der Waals surface area contributed by atoms with Crippen molar-refractivity contribution in [2.75, 3.05) is 59.0 Å². The predicted octanol–water partition coefficient (Wildman–Crippen LogP) is 1.46. The molecule has 1 aliphatic rings. The SMILES string of the molecule is Cc1ccccc1C(=N)Cc1ccc(F)c(C(=O)N2CCN(C(=O)CN(C=O)CCOCCN)CC2)c1. The van der Waals surface area contributed by atoms with Crippen molar-refractivity contribution in [3.63, 3.8) is 0 Å². The molecule has 9 nitrogen and oxygen atoms in total. The maximum atomic E-state index is 14.6. The zero-order valence-electron chi connectivity index (χ0n) is 21.1. The molecule has 3 rings (SSSR count). The lowest BCUT2D eigenvalue weighted by molar-refractivity contribution is -0.137. The summed E-state index contributed by atoms with van der Waals surface area (Å²) in [4.78, 5) is 41.5. The van der Waals surface area contributed by atoms with Crippen LogP contribution in [0.15, 0.2) is 42.5 Å². The number of aryl methyl sites for hydroxylation is 1. The summed E-state index contributed by atoms with van der Waals surface area (Å²) in [6, 6.07) is 12.0. The van der Waals surface area contributed by atoms with Gasteiger partial charge in [0, 0.05) is 51.4 Å². The van der Waals surface area contributed by atoms with Gasteiger partial charge in [0.15, 0.2) is 0 Å². The van der Waals surface area contributed by atoms with E-state index in [1.165, 1.54) is 21.9 Å². The third kappa shape index (κ3) is 7.68. The van der Waals surface area contributed by atoms with Crippen LogP contribution in [0.1, 0.15) is 27.0 Å². The summed E-state index contributed by atoms with van der Waals surface area (Å²) in [6.45, 7) is 4.30. The van der Waals surface area contributed by atoms with Crippen molar-refractivity contribution in [2.24, 2.45) is 5.73 Å². The molecule has 0 radical (unpaired) electrons. The third-order valence-corrected chi connectivity index (χ3v) is 6.30. The van der Waals surface area contributed by atoms with Gasteiger partial charge in [-0.2, -0.15) is 0 Å². The maximum Gasteiger partial charge on any atom is 0.256 e. The van der Waals surface area contributed by atoms with Gasteiger partial charge in [0.1, 0.15) is 5.82 Å². The largest absolute Gasteiger partial charge is 0.378 e. The second-order valence-electron chi connectivity index (χ2n) is 8.93. The molecule has 0 aromatic heterocycles. The fraction of sp³-hybridized carbons (Fsp3) is 0.407. The molecule has 0 aliphatic carbocycles. The summed E-state index contributed by atoms with van der Waals surface area (Å²) >= 11 is 0. The van der Waals surface area contributed by atoms with Crippen LogP contribution in [-0.4, -0.2) is 97.7 Å². The van der Waals surface area contributed by atoms with Crippen molar-refractivity contribution in [2.45, 2.75) is 13.3 Å². The molecule has 198 valence electrons. The number of hydrogen-bond donors (Lipinski definition) is 2. The van der Waals surface area contributed by atoms with E-state index in [1.807, 2.05) is 31.2 Å². The van der Waals surface area contributed by atoms with Crippen molar-refractivity contribution < 1.29 is 23.5 Å². The van der Waals surface area contributed by atoms with Crippen molar-refractivity contribution in [3.8, 4) is 0 Å². The van der Waals surface area contributed by atoms with Crippen LogP contribution >= 0.6 is 0 Å².